The molecule has 1 aromatic carbocycles. The first-order valence-corrected chi connectivity index (χ1v) is 7.41. The molecule has 0 radical (unpaired) electrons. The standard InChI is InChI=1S/C15H20N4O3/c1-18-6-8-19(9-7-18)17-14(20)10-13-15(21)16-11-4-2-3-5-12(11)22-13/h2-5,13H,6-10H2,1H3,(H,16,21)(H,17,20)/t13-/m0/s1. The monoisotopic (exact) mass is 304 g/mol. The van der Waals surface area contributed by atoms with E-state index in [4.69, 9.17) is 4.74 Å². The topological polar surface area (TPSA) is 73.9 Å². The molecule has 1 aromatic rings. The van der Waals surface area contributed by atoms with Crippen molar-refractivity contribution in [2.75, 3.05) is 38.5 Å². The van der Waals surface area contributed by atoms with Crippen LogP contribution in [0.25, 0.3) is 0 Å². The number of likely N-dealkylation sites (N-methyl/N-ethyl adjacent to an activating group) is 1. The van der Waals surface area contributed by atoms with Crippen molar-refractivity contribution in [2.24, 2.45) is 0 Å². The lowest BCUT2D eigenvalue weighted by molar-refractivity contribution is -0.133. The fourth-order valence-electron chi connectivity index (χ4n) is 2.54. The van der Waals surface area contributed by atoms with Gasteiger partial charge in [0.1, 0.15) is 5.75 Å². The highest BCUT2D eigenvalue weighted by atomic mass is 16.5. The number of piperazine rings is 1. The van der Waals surface area contributed by atoms with E-state index in [0.29, 0.717) is 11.4 Å². The van der Waals surface area contributed by atoms with E-state index in [9.17, 15) is 9.59 Å². The summed E-state index contributed by atoms with van der Waals surface area (Å²) in [5, 5.41) is 4.65. The normalized spacial score (nSPS) is 22.4. The largest absolute Gasteiger partial charge is 0.478 e. The number of hydrogen-bond donors (Lipinski definition) is 2. The second kappa shape index (κ2) is 6.33. The first-order chi connectivity index (χ1) is 10.6. The average Bonchev–Trinajstić information content (AvgIpc) is 2.50. The molecule has 1 fully saturated rings. The van der Waals surface area contributed by atoms with Crippen LogP contribution >= 0.6 is 0 Å². The smallest absolute Gasteiger partial charge is 0.266 e. The van der Waals surface area contributed by atoms with Crippen molar-refractivity contribution < 1.29 is 14.3 Å². The molecule has 2 N–H and O–H groups in total. The maximum Gasteiger partial charge on any atom is 0.266 e. The van der Waals surface area contributed by atoms with E-state index in [-0.39, 0.29) is 18.2 Å². The zero-order valence-corrected chi connectivity index (χ0v) is 12.5. The third-order valence-corrected chi connectivity index (χ3v) is 3.86. The van der Waals surface area contributed by atoms with E-state index in [1.807, 2.05) is 17.1 Å². The Bertz CT molecular complexity index is 570. The molecule has 0 unspecified atom stereocenters. The maximum atomic E-state index is 12.1. The predicted octanol–water partition coefficient (Wildman–Crippen LogP) is 0.0548. The quantitative estimate of drug-likeness (QED) is 0.826. The van der Waals surface area contributed by atoms with Crippen LogP contribution in [0.2, 0.25) is 0 Å². The number of para-hydroxylation sites is 2. The van der Waals surface area contributed by atoms with Crippen LogP contribution in [0.1, 0.15) is 6.42 Å². The molecular weight excluding hydrogens is 284 g/mol. The highest BCUT2D eigenvalue weighted by Crippen LogP contribution is 2.29. The van der Waals surface area contributed by atoms with E-state index in [2.05, 4.69) is 22.7 Å². The number of ether oxygens (including phenoxy) is 1. The van der Waals surface area contributed by atoms with Gasteiger partial charge in [0.05, 0.1) is 12.1 Å². The van der Waals surface area contributed by atoms with Crippen molar-refractivity contribution >= 4 is 17.5 Å². The molecule has 0 saturated carbocycles. The molecule has 2 aliphatic rings. The first-order valence-electron chi connectivity index (χ1n) is 7.41. The molecule has 0 aromatic heterocycles. The molecule has 0 aliphatic carbocycles. The van der Waals surface area contributed by atoms with Crippen LogP contribution in [0.4, 0.5) is 5.69 Å². The molecule has 2 aliphatic heterocycles. The summed E-state index contributed by atoms with van der Waals surface area (Å²) in [6.45, 7) is 3.38. The minimum Gasteiger partial charge on any atom is -0.478 e. The van der Waals surface area contributed by atoms with Crippen LogP contribution < -0.4 is 15.5 Å². The summed E-state index contributed by atoms with van der Waals surface area (Å²) in [6.07, 6.45) is -0.783. The predicted molar refractivity (Wildman–Crippen MR) is 81.3 cm³/mol. The van der Waals surface area contributed by atoms with Crippen LogP contribution in [-0.2, 0) is 9.59 Å². The lowest BCUT2D eigenvalue weighted by Gasteiger charge is -2.33. The molecule has 0 spiro atoms. The third kappa shape index (κ3) is 3.37. The van der Waals surface area contributed by atoms with Crippen molar-refractivity contribution in [2.45, 2.75) is 12.5 Å². The van der Waals surface area contributed by atoms with Crippen LogP contribution in [-0.4, -0.2) is 61.1 Å². The second-order valence-electron chi connectivity index (χ2n) is 5.62. The van der Waals surface area contributed by atoms with E-state index < -0.39 is 6.10 Å². The summed E-state index contributed by atoms with van der Waals surface area (Å²) in [7, 11) is 2.05. The average molecular weight is 304 g/mol. The van der Waals surface area contributed by atoms with Crippen molar-refractivity contribution in [3.05, 3.63) is 24.3 Å². The molecule has 1 atom stereocenters. The lowest BCUT2D eigenvalue weighted by atomic mass is 10.1. The Labute approximate surface area is 129 Å². The number of amides is 2. The van der Waals surface area contributed by atoms with Gasteiger partial charge >= 0.3 is 0 Å². The number of fused-ring (bicyclic) bond motifs is 1. The molecule has 22 heavy (non-hydrogen) atoms. The van der Waals surface area contributed by atoms with Crippen molar-refractivity contribution in [1.82, 2.24) is 15.3 Å². The van der Waals surface area contributed by atoms with Crippen LogP contribution in [0.3, 0.4) is 0 Å². The molecule has 7 heteroatoms. The van der Waals surface area contributed by atoms with Gasteiger partial charge in [-0.25, -0.2) is 5.01 Å². The fraction of sp³-hybridized carbons (Fsp3) is 0.467. The summed E-state index contributed by atoms with van der Waals surface area (Å²) in [5.74, 6) is 0.107. The Kier molecular flexibility index (Phi) is 4.26. The number of hydrogen-bond acceptors (Lipinski definition) is 5. The summed E-state index contributed by atoms with van der Waals surface area (Å²) in [5.41, 5.74) is 3.48. The number of nitrogens with zero attached hydrogens (tertiary/aromatic N) is 2. The zero-order valence-electron chi connectivity index (χ0n) is 12.5. The van der Waals surface area contributed by atoms with Crippen molar-refractivity contribution in [3.8, 4) is 5.75 Å². The molecule has 7 nitrogen and oxygen atoms in total. The van der Waals surface area contributed by atoms with Gasteiger partial charge in [0.25, 0.3) is 5.91 Å². The van der Waals surface area contributed by atoms with Gasteiger partial charge in [-0.05, 0) is 19.2 Å². The van der Waals surface area contributed by atoms with Crippen molar-refractivity contribution in [3.63, 3.8) is 0 Å². The van der Waals surface area contributed by atoms with Crippen molar-refractivity contribution in [1.29, 1.82) is 0 Å². The summed E-state index contributed by atoms with van der Waals surface area (Å²) in [6, 6.07) is 7.20. The van der Waals surface area contributed by atoms with E-state index >= 15 is 0 Å². The van der Waals surface area contributed by atoms with Gasteiger partial charge in [-0.2, -0.15) is 0 Å². The summed E-state index contributed by atoms with van der Waals surface area (Å²) in [4.78, 5) is 26.3. The molecule has 2 heterocycles. The Balaban J connectivity index is 1.54. The Morgan fingerprint density at radius 3 is 2.82 bits per heavy atom. The molecule has 118 valence electrons. The first kappa shape index (κ1) is 14.8. The maximum absolute atomic E-state index is 12.1. The van der Waals surface area contributed by atoms with Gasteiger partial charge in [0.15, 0.2) is 6.10 Å². The molecular formula is C15H20N4O3. The van der Waals surface area contributed by atoms with Gasteiger partial charge in [-0.15, -0.1) is 0 Å². The summed E-state index contributed by atoms with van der Waals surface area (Å²) < 4.78 is 5.62. The van der Waals surface area contributed by atoms with Gasteiger partial charge in [-0.3, -0.25) is 15.0 Å². The SMILES string of the molecule is CN1CCN(NC(=O)C[C@@H]2Oc3ccccc3NC2=O)CC1. The van der Waals surface area contributed by atoms with Gasteiger partial charge in [0, 0.05) is 26.2 Å². The highest BCUT2D eigenvalue weighted by Gasteiger charge is 2.30. The number of carbonyl (C=O) groups is 2. The molecule has 3 rings (SSSR count). The Morgan fingerprint density at radius 2 is 2.05 bits per heavy atom. The zero-order chi connectivity index (χ0) is 15.5. The second-order valence-corrected chi connectivity index (χ2v) is 5.62. The number of nitrogens with one attached hydrogen (secondary N) is 2. The minimum absolute atomic E-state index is 0.00646. The number of carbonyl (C=O) groups excluding carboxylic acids is 2. The van der Waals surface area contributed by atoms with E-state index in [0.717, 1.165) is 26.2 Å². The molecule has 2 amide bonds. The van der Waals surface area contributed by atoms with E-state index in [1.54, 1.807) is 12.1 Å². The van der Waals surface area contributed by atoms with Gasteiger partial charge in [0.2, 0.25) is 5.91 Å². The van der Waals surface area contributed by atoms with Crippen LogP contribution in [0.15, 0.2) is 24.3 Å². The fourth-order valence-corrected chi connectivity index (χ4v) is 2.54. The Morgan fingerprint density at radius 1 is 1.32 bits per heavy atom. The Hall–Kier alpha value is -2.12. The molecule has 1 saturated heterocycles. The number of anilines is 1. The third-order valence-electron chi connectivity index (χ3n) is 3.86. The van der Waals surface area contributed by atoms with Gasteiger partial charge < -0.3 is 15.0 Å². The van der Waals surface area contributed by atoms with Gasteiger partial charge in [-0.1, -0.05) is 12.1 Å². The summed E-state index contributed by atoms with van der Waals surface area (Å²) >= 11 is 0. The molecule has 0 bridgehead atoms. The number of benzene rings is 1. The van der Waals surface area contributed by atoms with Crippen LogP contribution in [0, 0.1) is 0 Å². The van der Waals surface area contributed by atoms with E-state index in [1.165, 1.54) is 0 Å². The van der Waals surface area contributed by atoms with Crippen LogP contribution in [0.5, 0.6) is 5.75 Å². The minimum atomic E-state index is -0.789. The number of hydrazine groups is 1. The highest BCUT2D eigenvalue weighted by molar-refractivity contribution is 5.99. The number of rotatable bonds is 3. The lowest BCUT2D eigenvalue weighted by Crippen LogP contribution is -2.53.